The van der Waals surface area contributed by atoms with Crippen molar-refractivity contribution in [1.29, 1.82) is 0 Å². The van der Waals surface area contributed by atoms with E-state index < -0.39 is 5.60 Å². The molecule has 1 aromatic carbocycles. The van der Waals surface area contributed by atoms with Gasteiger partial charge in [0.2, 0.25) is 0 Å². The number of piperidine rings is 1. The van der Waals surface area contributed by atoms with Crippen molar-refractivity contribution in [3.63, 3.8) is 0 Å². The summed E-state index contributed by atoms with van der Waals surface area (Å²) in [6.45, 7) is 7.76. The van der Waals surface area contributed by atoms with Crippen molar-refractivity contribution in [3.05, 3.63) is 41.9 Å². The number of nitrogens with zero attached hydrogens (tertiary/aromatic N) is 3. The van der Waals surface area contributed by atoms with Crippen molar-refractivity contribution in [2.45, 2.75) is 44.6 Å². The lowest BCUT2D eigenvalue weighted by Gasteiger charge is -2.39. The summed E-state index contributed by atoms with van der Waals surface area (Å²) in [6.07, 6.45) is 3.03. The largest absolute Gasteiger partial charge is 0.497 e. The summed E-state index contributed by atoms with van der Waals surface area (Å²) in [5.41, 5.74) is -0.168. The van der Waals surface area contributed by atoms with Crippen LogP contribution in [-0.4, -0.2) is 42.4 Å². The zero-order chi connectivity index (χ0) is 19.7. The molecule has 1 aromatic heterocycles. The van der Waals surface area contributed by atoms with Crippen molar-refractivity contribution in [3.8, 4) is 11.5 Å². The zero-order valence-corrected chi connectivity index (χ0v) is 16.8. The van der Waals surface area contributed by atoms with Gasteiger partial charge in [-0.1, -0.05) is 20.8 Å². The fourth-order valence-electron chi connectivity index (χ4n) is 3.36. The van der Waals surface area contributed by atoms with E-state index in [4.69, 9.17) is 14.5 Å². The standard InChI is InChI=1S/C21H29N3O3/c1-20(2,3)19-22-9-6-18(23-19)24-10-7-21(25,8-11-24)15-12-16(26-4)14-17(13-15)27-5/h6,9,12-14,25H,7-8,10-11H2,1-5H3. The average Bonchev–Trinajstić information content (AvgIpc) is 2.67. The van der Waals surface area contributed by atoms with Gasteiger partial charge in [-0.25, -0.2) is 9.97 Å². The van der Waals surface area contributed by atoms with Crippen LogP contribution in [0.25, 0.3) is 0 Å². The molecule has 0 radical (unpaired) electrons. The Balaban J connectivity index is 1.79. The quantitative estimate of drug-likeness (QED) is 0.890. The molecule has 0 amide bonds. The summed E-state index contributed by atoms with van der Waals surface area (Å²) in [4.78, 5) is 11.4. The second kappa shape index (κ2) is 7.35. The minimum atomic E-state index is -0.905. The lowest BCUT2D eigenvalue weighted by Crippen LogP contribution is -2.43. The van der Waals surface area contributed by atoms with E-state index in [9.17, 15) is 5.11 Å². The first-order valence-corrected chi connectivity index (χ1v) is 9.29. The van der Waals surface area contributed by atoms with E-state index in [1.807, 2.05) is 30.5 Å². The number of hydrogen-bond donors (Lipinski definition) is 1. The molecule has 0 saturated carbocycles. The second-order valence-corrected chi connectivity index (χ2v) is 8.11. The molecule has 146 valence electrons. The van der Waals surface area contributed by atoms with Gasteiger partial charge in [0.25, 0.3) is 0 Å². The molecule has 0 aliphatic carbocycles. The number of benzene rings is 1. The van der Waals surface area contributed by atoms with E-state index >= 15 is 0 Å². The normalized spacial score (nSPS) is 16.9. The molecule has 2 aromatic rings. The van der Waals surface area contributed by atoms with Crippen LogP contribution in [0.15, 0.2) is 30.5 Å². The van der Waals surface area contributed by atoms with Crippen LogP contribution in [-0.2, 0) is 11.0 Å². The summed E-state index contributed by atoms with van der Waals surface area (Å²) in [6, 6.07) is 7.53. The van der Waals surface area contributed by atoms with Crippen LogP contribution in [0.1, 0.15) is 45.0 Å². The highest BCUT2D eigenvalue weighted by Gasteiger charge is 2.35. The molecule has 1 saturated heterocycles. The number of methoxy groups -OCH3 is 2. The molecular formula is C21H29N3O3. The van der Waals surface area contributed by atoms with Gasteiger partial charge in [0.1, 0.15) is 23.1 Å². The van der Waals surface area contributed by atoms with Crippen molar-refractivity contribution in [2.75, 3.05) is 32.2 Å². The van der Waals surface area contributed by atoms with Crippen LogP contribution in [0.5, 0.6) is 11.5 Å². The number of anilines is 1. The molecule has 0 bridgehead atoms. The number of ether oxygens (including phenoxy) is 2. The topological polar surface area (TPSA) is 67.7 Å². The molecule has 1 aliphatic heterocycles. The summed E-state index contributed by atoms with van der Waals surface area (Å²) in [5, 5.41) is 11.3. The predicted octanol–water partition coefficient (Wildman–Crippen LogP) is 3.28. The average molecular weight is 371 g/mol. The molecule has 0 spiro atoms. The van der Waals surface area contributed by atoms with Gasteiger partial charge in [-0.05, 0) is 36.6 Å². The summed E-state index contributed by atoms with van der Waals surface area (Å²) in [7, 11) is 3.24. The summed E-state index contributed by atoms with van der Waals surface area (Å²) in [5.74, 6) is 3.12. The van der Waals surface area contributed by atoms with Gasteiger partial charge in [-0.2, -0.15) is 0 Å². The third-order valence-electron chi connectivity index (χ3n) is 5.12. The maximum absolute atomic E-state index is 11.3. The highest BCUT2D eigenvalue weighted by Crippen LogP contribution is 2.37. The molecule has 0 unspecified atom stereocenters. The highest BCUT2D eigenvalue weighted by molar-refractivity contribution is 5.43. The molecule has 27 heavy (non-hydrogen) atoms. The van der Waals surface area contributed by atoms with E-state index in [1.54, 1.807) is 14.2 Å². The number of aliphatic hydroxyl groups is 1. The second-order valence-electron chi connectivity index (χ2n) is 8.11. The Bertz CT molecular complexity index is 771. The molecule has 6 nitrogen and oxygen atoms in total. The minimum Gasteiger partial charge on any atom is -0.497 e. The van der Waals surface area contributed by atoms with Crippen LogP contribution in [0.2, 0.25) is 0 Å². The monoisotopic (exact) mass is 371 g/mol. The van der Waals surface area contributed by atoms with E-state index in [0.29, 0.717) is 24.3 Å². The maximum atomic E-state index is 11.3. The van der Waals surface area contributed by atoms with Gasteiger partial charge in [-0.3, -0.25) is 0 Å². The SMILES string of the molecule is COc1cc(OC)cc(C2(O)CCN(c3ccnc(C(C)(C)C)n3)CC2)c1. The first kappa shape index (κ1) is 19.4. The zero-order valence-electron chi connectivity index (χ0n) is 16.8. The van der Waals surface area contributed by atoms with E-state index in [0.717, 1.165) is 30.3 Å². The van der Waals surface area contributed by atoms with Crippen molar-refractivity contribution in [1.82, 2.24) is 9.97 Å². The number of aromatic nitrogens is 2. The van der Waals surface area contributed by atoms with Crippen LogP contribution >= 0.6 is 0 Å². The van der Waals surface area contributed by atoms with Crippen LogP contribution < -0.4 is 14.4 Å². The molecule has 3 rings (SSSR count). The van der Waals surface area contributed by atoms with Gasteiger partial charge < -0.3 is 19.5 Å². The fourth-order valence-corrected chi connectivity index (χ4v) is 3.36. The van der Waals surface area contributed by atoms with E-state index in [1.165, 1.54) is 0 Å². The van der Waals surface area contributed by atoms with Gasteiger partial charge in [0.15, 0.2) is 0 Å². The van der Waals surface area contributed by atoms with Gasteiger partial charge in [-0.15, -0.1) is 0 Å². The molecular weight excluding hydrogens is 342 g/mol. The van der Waals surface area contributed by atoms with Crippen LogP contribution in [0.4, 0.5) is 5.82 Å². The Hall–Kier alpha value is -2.34. The molecule has 1 fully saturated rings. The molecule has 6 heteroatoms. The number of rotatable bonds is 4. The fraction of sp³-hybridized carbons (Fsp3) is 0.524. The Morgan fingerprint density at radius 2 is 1.63 bits per heavy atom. The molecule has 2 heterocycles. The van der Waals surface area contributed by atoms with Gasteiger partial charge in [0.05, 0.1) is 19.8 Å². The van der Waals surface area contributed by atoms with E-state index in [-0.39, 0.29) is 5.41 Å². The van der Waals surface area contributed by atoms with Crippen LogP contribution in [0.3, 0.4) is 0 Å². The predicted molar refractivity (Wildman–Crippen MR) is 106 cm³/mol. The van der Waals surface area contributed by atoms with Gasteiger partial charge >= 0.3 is 0 Å². The van der Waals surface area contributed by atoms with Crippen molar-refractivity contribution < 1.29 is 14.6 Å². The van der Waals surface area contributed by atoms with Crippen molar-refractivity contribution >= 4 is 5.82 Å². The van der Waals surface area contributed by atoms with Gasteiger partial charge in [0, 0.05) is 30.8 Å². The number of hydrogen-bond acceptors (Lipinski definition) is 6. The Labute approximate surface area is 161 Å². The van der Waals surface area contributed by atoms with E-state index in [2.05, 4.69) is 30.7 Å². The molecule has 1 aliphatic rings. The molecule has 1 N–H and O–H groups in total. The minimum absolute atomic E-state index is 0.0936. The molecule has 0 atom stereocenters. The Morgan fingerprint density at radius 1 is 1.04 bits per heavy atom. The first-order valence-electron chi connectivity index (χ1n) is 9.29. The first-order chi connectivity index (χ1) is 12.7. The third-order valence-corrected chi connectivity index (χ3v) is 5.12. The Morgan fingerprint density at radius 3 is 2.15 bits per heavy atom. The third kappa shape index (κ3) is 4.16. The maximum Gasteiger partial charge on any atom is 0.135 e. The highest BCUT2D eigenvalue weighted by atomic mass is 16.5. The summed E-state index contributed by atoms with van der Waals surface area (Å²) >= 11 is 0. The van der Waals surface area contributed by atoms with Crippen LogP contribution in [0, 0.1) is 0 Å². The summed E-state index contributed by atoms with van der Waals surface area (Å²) < 4.78 is 10.7. The lowest BCUT2D eigenvalue weighted by atomic mass is 9.84. The Kier molecular flexibility index (Phi) is 5.29. The lowest BCUT2D eigenvalue weighted by molar-refractivity contribution is 0.0113. The smallest absolute Gasteiger partial charge is 0.135 e. The van der Waals surface area contributed by atoms with Crippen molar-refractivity contribution in [2.24, 2.45) is 0 Å².